The Morgan fingerprint density at radius 1 is 1.15 bits per heavy atom. The lowest BCUT2D eigenvalue weighted by molar-refractivity contribution is 0.575. The largest absolute Gasteiger partial charge is 0.383 e. The number of piperidine rings is 1. The third-order valence-electron chi connectivity index (χ3n) is 4.03. The highest BCUT2D eigenvalue weighted by molar-refractivity contribution is 5.97. The Morgan fingerprint density at radius 2 is 1.85 bits per heavy atom. The molecular formula is C17H21N3. The zero-order chi connectivity index (χ0) is 13.9. The first-order valence-corrected chi connectivity index (χ1v) is 7.34. The number of pyridine rings is 1. The molecule has 2 heterocycles. The Hall–Kier alpha value is -2.03. The van der Waals surface area contributed by atoms with Crippen molar-refractivity contribution in [3.63, 3.8) is 0 Å². The standard InChI is InChI=1S/C17H21N3/c1-2-8-14-13-9-4-5-10-15(13)17(19-16(14)18)20-11-6-3-7-12-20/h2,4-5,9-10H,1,3,6-8,11-12H2,(H2,18,19). The molecule has 1 aromatic carbocycles. The normalized spacial score (nSPS) is 15.5. The van der Waals surface area contributed by atoms with Gasteiger partial charge < -0.3 is 10.6 Å². The van der Waals surface area contributed by atoms with Crippen molar-refractivity contribution in [2.45, 2.75) is 25.7 Å². The highest BCUT2D eigenvalue weighted by Crippen LogP contribution is 2.32. The summed E-state index contributed by atoms with van der Waals surface area (Å²) in [6.45, 7) is 5.98. The van der Waals surface area contributed by atoms with E-state index in [-0.39, 0.29) is 0 Å². The first-order valence-electron chi connectivity index (χ1n) is 7.34. The van der Waals surface area contributed by atoms with Crippen molar-refractivity contribution in [1.29, 1.82) is 0 Å². The summed E-state index contributed by atoms with van der Waals surface area (Å²) in [5.74, 6) is 1.69. The molecule has 0 atom stereocenters. The Morgan fingerprint density at radius 3 is 2.55 bits per heavy atom. The predicted molar refractivity (Wildman–Crippen MR) is 86.1 cm³/mol. The molecule has 1 aliphatic heterocycles. The van der Waals surface area contributed by atoms with E-state index in [1.807, 2.05) is 6.08 Å². The second-order valence-electron chi connectivity index (χ2n) is 5.39. The molecule has 1 aliphatic rings. The third kappa shape index (κ3) is 2.24. The molecule has 0 bridgehead atoms. The zero-order valence-electron chi connectivity index (χ0n) is 11.8. The van der Waals surface area contributed by atoms with Crippen LogP contribution in [0.25, 0.3) is 10.8 Å². The molecule has 3 nitrogen and oxygen atoms in total. The number of anilines is 2. The zero-order valence-corrected chi connectivity index (χ0v) is 11.8. The summed E-state index contributed by atoms with van der Waals surface area (Å²) in [5.41, 5.74) is 7.29. The summed E-state index contributed by atoms with van der Waals surface area (Å²) < 4.78 is 0. The van der Waals surface area contributed by atoms with Crippen LogP contribution in [0.5, 0.6) is 0 Å². The van der Waals surface area contributed by atoms with Crippen LogP contribution in [-0.4, -0.2) is 18.1 Å². The molecule has 20 heavy (non-hydrogen) atoms. The molecule has 0 spiro atoms. The van der Waals surface area contributed by atoms with Gasteiger partial charge in [0, 0.05) is 24.0 Å². The van der Waals surface area contributed by atoms with Crippen molar-refractivity contribution in [2.75, 3.05) is 23.7 Å². The van der Waals surface area contributed by atoms with Gasteiger partial charge in [-0.2, -0.15) is 0 Å². The van der Waals surface area contributed by atoms with Gasteiger partial charge in [0.05, 0.1) is 0 Å². The lowest BCUT2D eigenvalue weighted by Gasteiger charge is -2.29. The van der Waals surface area contributed by atoms with Crippen molar-refractivity contribution in [3.05, 3.63) is 42.5 Å². The molecule has 3 rings (SSSR count). The van der Waals surface area contributed by atoms with Gasteiger partial charge in [0.1, 0.15) is 11.6 Å². The molecule has 0 aliphatic carbocycles. The number of fused-ring (bicyclic) bond motifs is 1. The van der Waals surface area contributed by atoms with Gasteiger partial charge in [-0.15, -0.1) is 6.58 Å². The Bertz CT molecular complexity index is 627. The molecule has 1 saturated heterocycles. The number of nitrogens with two attached hydrogens (primary N) is 1. The molecule has 0 saturated carbocycles. The van der Waals surface area contributed by atoms with Crippen LogP contribution in [0.15, 0.2) is 36.9 Å². The molecule has 104 valence electrons. The van der Waals surface area contributed by atoms with Crippen molar-refractivity contribution in [3.8, 4) is 0 Å². The number of aromatic nitrogens is 1. The van der Waals surface area contributed by atoms with Crippen molar-refractivity contribution >= 4 is 22.4 Å². The van der Waals surface area contributed by atoms with Crippen molar-refractivity contribution < 1.29 is 0 Å². The SMILES string of the molecule is C=CCc1c(N)nc(N2CCCCC2)c2ccccc12. The minimum Gasteiger partial charge on any atom is -0.383 e. The second-order valence-corrected chi connectivity index (χ2v) is 5.39. The van der Waals surface area contributed by atoms with Crippen LogP contribution in [0, 0.1) is 0 Å². The van der Waals surface area contributed by atoms with Crippen molar-refractivity contribution in [1.82, 2.24) is 4.98 Å². The molecule has 0 unspecified atom stereocenters. The number of nitrogens with zero attached hydrogens (tertiary/aromatic N) is 2. The summed E-state index contributed by atoms with van der Waals surface area (Å²) >= 11 is 0. The van der Waals surface area contributed by atoms with E-state index in [2.05, 4.69) is 35.7 Å². The van der Waals surface area contributed by atoms with E-state index in [4.69, 9.17) is 10.7 Å². The van der Waals surface area contributed by atoms with Crippen LogP contribution in [0.2, 0.25) is 0 Å². The minimum atomic E-state index is 0.643. The monoisotopic (exact) mass is 267 g/mol. The fourth-order valence-corrected chi connectivity index (χ4v) is 3.03. The van der Waals surface area contributed by atoms with E-state index in [1.165, 1.54) is 30.0 Å². The Kier molecular flexibility index (Phi) is 3.59. The fourth-order valence-electron chi connectivity index (χ4n) is 3.03. The lowest BCUT2D eigenvalue weighted by Crippen LogP contribution is -2.30. The second kappa shape index (κ2) is 5.53. The highest BCUT2D eigenvalue weighted by Gasteiger charge is 2.17. The van der Waals surface area contributed by atoms with Crippen LogP contribution in [0.4, 0.5) is 11.6 Å². The van der Waals surface area contributed by atoms with Gasteiger partial charge in [0.25, 0.3) is 0 Å². The molecule has 1 aromatic heterocycles. The quantitative estimate of drug-likeness (QED) is 0.865. The van der Waals surface area contributed by atoms with Crippen LogP contribution in [-0.2, 0) is 6.42 Å². The van der Waals surface area contributed by atoms with E-state index in [9.17, 15) is 0 Å². The van der Waals surface area contributed by atoms with Gasteiger partial charge in [-0.1, -0.05) is 30.3 Å². The summed E-state index contributed by atoms with van der Waals surface area (Å²) in [7, 11) is 0. The summed E-state index contributed by atoms with van der Waals surface area (Å²) in [6.07, 6.45) is 6.45. The highest BCUT2D eigenvalue weighted by atomic mass is 15.2. The van der Waals surface area contributed by atoms with Gasteiger partial charge in [-0.05, 0) is 31.1 Å². The predicted octanol–water partition coefficient (Wildman–Crippen LogP) is 3.54. The van der Waals surface area contributed by atoms with Crippen LogP contribution in [0.1, 0.15) is 24.8 Å². The first-order chi connectivity index (χ1) is 9.81. The van der Waals surface area contributed by atoms with E-state index in [0.717, 1.165) is 30.9 Å². The summed E-state index contributed by atoms with van der Waals surface area (Å²) in [6, 6.07) is 8.43. The average Bonchev–Trinajstić information content (AvgIpc) is 2.51. The number of allylic oxidation sites excluding steroid dienone is 1. The maximum absolute atomic E-state index is 6.19. The Balaban J connectivity index is 2.17. The molecule has 3 heteroatoms. The van der Waals surface area contributed by atoms with Gasteiger partial charge in [0.2, 0.25) is 0 Å². The molecule has 2 N–H and O–H groups in total. The first kappa shape index (κ1) is 13.0. The van der Waals surface area contributed by atoms with Gasteiger partial charge in [0.15, 0.2) is 0 Å². The van der Waals surface area contributed by atoms with Crippen LogP contribution >= 0.6 is 0 Å². The number of hydrogen-bond donors (Lipinski definition) is 1. The number of benzene rings is 1. The number of rotatable bonds is 3. The molecular weight excluding hydrogens is 246 g/mol. The number of nitrogen functional groups attached to an aromatic ring is 1. The minimum absolute atomic E-state index is 0.643. The average molecular weight is 267 g/mol. The van der Waals surface area contributed by atoms with E-state index in [1.54, 1.807) is 0 Å². The Labute approximate surface area is 120 Å². The topological polar surface area (TPSA) is 42.1 Å². The summed E-state index contributed by atoms with van der Waals surface area (Å²) in [5, 5.41) is 2.42. The van der Waals surface area contributed by atoms with Gasteiger partial charge >= 0.3 is 0 Å². The molecule has 1 fully saturated rings. The van der Waals surface area contributed by atoms with Crippen molar-refractivity contribution in [2.24, 2.45) is 0 Å². The molecule has 2 aromatic rings. The fraction of sp³-hybridized carbons (Fsp3) is 0.353. The van der Waals surface area contributed by atoms with Gasteiger partial charge in [-0.25, -0.2) is 4.98 Å². The van der Waals surface area contributed by atoms with Crippen LogP contribution < -0.4 is 10.6 Å². The van der Waals surface area contributed by atoms with E-state index in [0.29, 0.717) is 5.82 Å². The smallest absolute Gasteiger partial charge is 0.138 e. The van der Waals surface area contributed by atoms with Crippen LogP contribution in [0.3, 0.4) is 0 Å². The summed E-state index contributed by atoms with van der Waals surface area (Å²) in [4.78, 5) is 7.07. The van der Waals surface area contributed by atoms with Gasteiger partial charge in [-0.3, -0.25) is 0 Å². The van der Waals surface area contributed by atoms with E-state index >= 15 is 0 Å². The maximum Gasteiger partial charge on any atom is 0.138 e. The number of hydrogen-bond acceptors (Lipinski definition) is 3. The van der Waals surface area contributed by atoms with E-state index < -0.39 is 0 Å². The third-order valence-corrected chi connectivity index (χ3v) is 4.03. The maximum atomic E-state index is 6.19. The molecule has 0 radical (unpaired) electrons. The molecule has 0 amide bonds. The lowest BCUT2D eigenvalue weighted by atomic mass is 10.0.